The molecule has 2 amide bonds. The number of hydrogen-bond acceptors (Lipinski definition) is 3. The largest absolute Gasteiger partial charge is 0.388 e. The molecule has 5 nitrogen and oxygen atoms in total. The minimum Gasteiger partial charge on any atom is -0.388 e. The molecule has 0 unspecified atom stereocenters. The quantitative estimate of drug-likeness (QED) is 0.731. The highest BCUT2D eigenvalue weighted by Crippen LogP contribution is 2.26. The number of hydrogen-bond donors (Lipinski definition) is 3. The van der Waals surface area contributed by atoms with Gasteiger partial charge in [0.15, 0.2) is 0 Å². The van der Waals surface area contributed by atoms with Gasteiger partial charge in [-0.25, -0.2) is 4.79 Å². The SMILES string of the molecule is CN(C)c1cccc(CNC(=O)NCC2(O)CCCCCC2)c1. The van der Waals surface area contributed by atoms with Gasteiger partial charge in [0.1, 0.15) is 0 Å². The minimum atomic E-state index is -0.737. The standard InChI is InChI=1S/C18H29N3O2/c1-21(2)16-9-7-8-15(12-16)13-19-17(22)20-14-18(23)10-5-3-4-6-11-18/h7-9,12,23H,3-6,10-11,13-14H2,1-2H3,(H2,19,20,22). The Hall–Kier alpha value is -1.75. The van der Waals surface area contributed by atoms with E-state index in [2.05, 4.69) is 16.7 Å². The molecule has 1 saturated carbocycles. The molecule has 5 heteroatoms. The van der Waals surface area contributed by atoms with E-state index in [4.69, 9.17) is 0 Å². The predicted octanol–water partition coefficient (Wildman–Crippen LogP) is 2.64. The van der Waals surface area contributed by atoms with Crippen LogP contribution in [0.2, 0.25) is 0 Å². The monoisotopic (exact) mass is 319 g/mol. The van der Waals surface area contributed by atoms with Crippen molar-refractivity contribution in [2.45, 2.75) is 50.7 Å². The number of rotatable bonds is 5. The van der Waals surface area contributed by atoms with Crippen molar-refractivity contribution in [1.82, 2.24) is 10.6 Å². The van der Waals surface area contributed by atoms with Crippen molar-refractivity contribution in [3.05, 3.63) is 29.8 Å². The predicted molar refractivity (Wildman–Crippen MR) is 93.7 cm³/mol. The highest BCUT2D eigenvalue weighted by Gasteiger charge is 2.28. The molecule has 1 aliphatic rings. The highest BCUT2D eigenvalue weighted by molar-refractivity contribution is 5.74. The summed E-state index contributed by atoms with van der Waals surface area (Å²) in [7, 11) is 3.99. The van der Waals surface area contributed by atoms with Gasteiger partial charge in [0.25, 0.3) is 0 Å². The third kappa shape index (κ3) is 5.75. The number of carbonyl (C=O) groups is 1. The molecule has 1 fully saturated rings. The Balaban J connectivity index is 1.77. The molecule has 0 saturated heterocycles. The number of amides is 2. The van der Waals surface area contributed by atoms with Gasteiger partial charge >= 0.3 is 6.03 Å². The topological polar surface area (TPSA) is 64.6 Å². The van der Waals surface area contributed by atoms with Gasteiger partial charge in [0.2, 0.25) is 0 Å². The Bertz CT molecular complexity index is 509. The third-order valence-corrected chi connectivity index (χ3v) is 4.49. The first-order chi connectivity index (χ1) is 11.0. The fourth-order valence-corrected chi connectivity index (χ4v) is 3.00. The number of anilines is 1. The summed E-state index contributed by atoms with van der Waals surface area (Å²) >= 11 is 0. The van der Waals surface area contributed by atoms with E-state index in [1.54, 1.807) is 0 Å². The number of nitrogens with one attached hydrogen (secondary N) is 2. The Morgan fingerprint density at radius 1 is 1.17 bits per heavy atom. The molecule has 0 aromatic heterocycles. The van der Waals surface area contributed by atoms with E-state index in [1.807, 2.05) is 37.2 Å². The summed E-state index contributed by atoms with van der Waals surface area (Å²) in [6.07, 6.45) is 5.98. The summed E-state index contributed by atoms with van der Waals surface area (Å²) in [6, 6.07) is 7.84. The molecule has 0 atom stereocenters. The summed E-state index contributed by atoms with van der Waals surface area (Å²) in [5, 5.41) is 16.2. The van der Waals surface area contributed by atoms with Crippen LogP contribution in [0.1, 0.15) is 44.1 Å². The summed E-state index contributed by atoms with van der Waals surface area (Å²) in [5.41, 5.74) is 1.43. The van der Waals surface area contributed by atoms with Crippen molar-refractivity contribution in [1.29, 1.82) is 0 Å². The van der Waals surface area contributed by atoms with Crippen LogP contribution in [0, 0.1) is 0 Å². The van der Waals surface area contributed by atoms with E-state index < -0.39 is 5.60 Å². The van der Waals surface area contributed by atoms with Gasteiger partial charge in [0, 0.05) is 32.9 Å². The van der Waals surface area contributed by atoms with Crippen LogP contribution in [0.4, 0.5) is 10.5 Å². The summed E-state index contributed by atoms with van der Waals surface area (Å²) in [5.74, 6) is 0. The maximum Gasteiger partial charge on any atom is 0.315 e. The average molecular weight is 319 g/mol. The number of carbonyl (C=O) groups excluding carboxylic acids is 1. The Kier molecular flexibility index (Phi) is 6.28. The second-order valence-electron chi connectivity index (χ2n) is 6.74. The first-order valence-corrected chi connectivity index (χ1v) is 8.49. The molecular weight excluding hydrogens is 290 g/mol. The number of aliphatic hydroxyl groups is 1. The maximum absolute atomic E-state index is 12.0. The zero-order valence-electron chi connectivity index (χ0n) is 14.3. The van der Waals surface area contributed by atoms with Crippen LogP contribution in [-0.4, -0.2) is 37.4 Å². The molecule has 0 bridgehead atoms. The smallest absolute Gasteiger partial charge is 0.315 e. The summed E-state index contributed by atoms with van der Waals surface area (Å²) in [4.78, 5) is 14.0. The molecule has 128 valence electrons. The molecule has 23 heavy (non-hydrogen) atoms. The lowest BCUT2D eigenvalue weighted by molar-refractivity contribution is 0.0277. The number of benzene rings is 1. The molecule has 0 spiro atoms. The normalized spacial score (nSPS) is 17.2. The number of nitrogens with zero attached hydrogens (tertiary/aromatic N) is 1. The van der Waals surface area contributed by atoms with Crippen molar-refractivity contribution in [2.24, 2.45) is 0 Å². The lowest BCUT2D eigenvalue weighted by Crippen LogP contribution is -2.46. The summed E-state index contributed by atoms with van der Waals surface area (Å²) < 4.78 is 0. The first kappa shape index (κ1) is 17.6. The second-order valence-corrected chi connectivity index (χ2v) is 6.74. The van der Waals surface area contributed by atoms with Gasteiger partial charge < -0.3 is 20.6 Å². The van der Waals surface area contributed by atoms with Crippen molar-refractivity contribution in [2.75, 3.05) is 25.5 Å². The Morgan fingerprint density at radius 3 is 2.52 bits per heavy atom. The molecule has 0 radical (unpaired) electrons. The molecule has 1 aromatic rings. The fourth-order valence-electron chi connectivity index (χ4n) is 3.00. The van der Waals surface area contributed by atoms with Gasteiger partial charge in [-0.1, -0.05) is 37.8 Å². The van der Waals surface area contributed by atoms with Crippen LogP contribution in [0.25, 0.3) is 0 Å². The summed E-state index contributed by atoms with van der Waals surface area (Å²) in [6.45, 7) is 0.808. The fraction of sp³-hybridized carbons (Fsp3) is 0.611. The zero-order chi connectivity index (χ0) is 16.7. The van der Waals surface area contributed by atoms with E-state index in [-0.39, 0.29) is 6.03 Å². The van der Waals surface area contributed by atoms with Gasteiger partial charge in [-0.3, -0.25) is 0 Å². The Labute approximate surface area is 139 Å². The molecule has 1 aromatic carbocycles. The van der Waals surface area contributed by atoms with Crippen LogP contribution in [0.3, 0.4) is 0 Å². The van der Waals surface area contributed by atoms with Gasteiger partial charge in [-0.05, 0) is 30.5 Å². The van der Waals surface area contributed by atoms with Crippen LogP contribution in [0.5, 0.6) is 0 Å². The first-order valence-electron chi connectivity index (χ1n) is 8.49. The van der Waals surface area contributed by atoms with Gasteiger partial charge in [-0.15, -0.1) is 0 Å². The lowest BCUT2D eigenvalue weighted by atomic mass is 9.95. The lowest BCUT2D eigenvalue weighted by Gasteiger charge is -2.26. The molecule has 3 N–H and O–H groups in total. The molecule has 0 heterocycles. The van der Waals surface area contributed by atoms with E-state index in [0.29, 0.717) is 13.1 Å². The van der Waals surface area contributed by atoms with E-state index >= 15 is 0 Å². The zero-order valence-corrected chi connectivity index (χ0v) is 14.3. The maximum atomic E-state index is 12.0. The second kappa shape index (κ2) is 8.20. The number of urea groups is 1. The Morgan fingerprint density at radius 2 is 1.87 bits per heavy atom. The molecule has 1 aliphatic carbocycles. The van der Waals surface area contributed by atoms with Crippen molar-refractivity contribution in [3.8, 4) is 0 Å². The molecule has 0 aliphatic heterocycles. The van der Waals surface area contributed by atoms with Gasteiger partial charge in [0.05, 0.1) is 5.60 Å². The van der Waals surface area contributed by atoms with Crippen LogP contribution < -0.4 is 15.5 Å². The third-order valence-electron chi connectivity index (χ3n) is 4.49. The van der Waals surface area contributed by atoms with Gasteiger partial charge in [-0.2, -0.15) is 0 Å². The van der Waals surface area contributed by atoms with E-state index in [0.717, 1.165) is 36.9 Å². The van der Waals surface area contributed by atoms with Crippen molar-refractivity contribution >= 4 is 11.7 Å². The highest BCUT2D eigenvalue weighted by atomic mass is 16.3. The molecule has 2 rings (SSSR count). The van der Waals surface area contributed by atoms with E-state index in [1.165, 1.54) is 12.8 Å². The molecular formula is C18H29N3O2. The minimum absolute atomic E-state index is 0.224. The van der Waals surface area contributed by atoms with Crippen LogP contribution in [-0.2, 0) is 6.54 Å². The van der Waals surface area contributed by atoms with Crippen molar-refractivity contribution < 1.29 is 9.90 Å². The van der Waals surface area contributed by atoms with E-state index in [9.17, 15) is 9.90 Å². The van der Waals surface area contributed by atoms with Crippen molar-refractivity contribution in [3.63, 3.8) is 0 Å². The van der Waals surface area contributed by atoms with Crippen LogP contribution in [0.15, 0.2) is 24.3 Å². The average Bonchev–Trinajstić information content (AvgIpc) is 2.76. The van der Waals surface area contributed by atoms with Crippen LogP contribution >= 0.6 is 0 Å².